The Balaban J connectivity index is 1.30. The summed E-state index contributed by atoms with van der Waals surface area (Å²) in [6, 6.07) is 18.6. The second-order valence-electron chi connectivity index (χ2n) is 10.3. The number of benzene rings is 3. The molecule has 5 rings (SSSR count). The number of hydrogen-bond acceptors (Lipinski definition) is 4. The van der Waals surface area contributed by atoms with Crippen molar-refractivity contribution in [2.24, 2.45) is 5.92 Å². The van der Waals surface area contributed by atoms with Gasteiger partial charge in [-0.2, -0.15) is 0 Å². The molecule has 0 radical (unpaired) electrons. The molecule has 5 heteroatoms. The molecule has 0 amide bonds. The van der Waals surface area contributed by atoms with E-state index in [2.05, 4.69) is 56.8 Å². The molecule has 37 heavy (non-hydrogen) atoms. The summed E-state index contributed by atoms with van der Waals surface area (Å²) >= 11 is 0. The average molecular weight is 499 g/mol. The van der Waals surface area contributed by atoms with E-state index in [-0.39, 0.29) is 12.0 Å². The van der Waals surface area contributed by atoms with Gasteiger partial charge >= 0.3 is 5.97 Å². The van der Waals surface area contributed by atoms with Gasteiger partial charge < -0.3 is 19.3 Å². The van der Waals surface area contributed by atoms with Gasteiger partial charge in [0.1, 0.15) is 24.2 Å². The molecule has 3 aromatic rings. The van der Waals surface area contributed by atoms with Gasteiger partial charge in [0.05, 0.1) is 19.1 Å². The van der Waals surface area contributed by atoms with Gasteiger partial charge in [-0.05, 0) is 95.1 Å². The molecular formula is C32H34O5. The lowest BCUT2D eigenvalue weighted by atomic mass is 9.88. The van der Waals surface area contributed by atoms with Gasteiger partial charge in [-0.15, -0.1) is 0 Å². The minimum Gasteiger partial charge on any atom is -0.489 e. The predicted octanol–water partition coefficient (Wildman–Crippen LogP) is 6.94. The lowest BCUT2D eigenvalue weighted by molar-refractivity contribution is -0.141. The molecule has 0 bridgehead atoms. The summed E-state index contributed by atoms with van der Waals surface area (Å²) in [4.78, 5) is 11.5. The summed E-state index contributed by atoms with van der Waals surface area (Å²) in [6.45, 7) is 12.1. The topological polar surface area (TPSA) is 65.0 Å². The molecule has 1 N–H and O–H groups in total. The third kappa shape index (κ3) is 5.28. The highest BCUT2D eigenvalue weighted by molar-refractivity contribution is 5.78. The van der Waals surface area contributed by atoms with E-state index in [1.54, 1.807) is 6.92 Å². The zero-order valence-corrected chi connectivity index (χ0v) is 21.8. The smallest absolute Gasteiger partial charge is 0.306 e. The highest BCUT2D eigenvalue weighted by Crippen LogP contribution is 2.45. The van der Waals surface area contributed by atoms with E-state index >= 15 is 0 Å². The first-order chi connectivity index (χ1) is 17.8. The van der Waals surface area contributed by atoms with Crippen LogP contribution in [-0.4, -0.2) is 30.4 Å². The monoisotopic (exact) mass is 498 g/mol. The molecule has 1 aliphatic carbocycles. The number of allylic oxidation sites excluding steroid dienone is 1. The Morgan fingerprint density at radius 1 is 1.11 bits per heavy atom. The minimum absolute atomic E-state index is 0.0412. The van der Waals surface area contributed by atoms with Crippen LogP contribution in [0.5, 0.6) is 11.5 Å². The van der Waals surface area contributed by atoms with Crippen molar-refractivity contribution < 1.29 is 24.1 Å². The maximum absolute atomic E-state index is 11.5. The van der Waals surface area contributed by atoms with Crippen LogP contribution in [0.2, 0.25) is 0 Å². The Kier molecular flexibility index (Phi) is 7.07. The minimum atomic E-state index is -0.776. The first-order valence-electron chi connectivity index (χ1n) is 12.9. The Hall–Kier alpha value is -3.57. The number of carboxylic acid groups (broad SMARTS) is 1. The highest BCUT2D eigenvalue weighted by Gasteiger charge is 2.33. The molecule has 1 heterocycles. The fourth-order valence-electron chi connectivity index (χ4n) is 5.59. The number of aliphatic carboxylic acids is 1. The zero-order valence-electron chi connectivity index (χ0n) is 21.8. The van der Waals surface area contributed by atoms with Crippen LogP contribution in [0.3, 0.4) is 0 Å². The van der Waals surface area contributed by atoms with Crippen LogP contribution in [0.15, 0.2) is 61.2 Å². The van der Waals surface area contributed by atoms with Gasteiger partial charge in [-0.1, -0.05) is 37.8 Å². The standard InChI is InChI=1S/C32H34O5/c1-19-14-30(22(4)32(33)34)28-9-8-25(16-29(19)28)36-17-23-6-5-7-24(15-23)31-20(2)12-27(13-21(31)3)37-26-10-11-35-18-26/h5-9,12-13,15-16,22,26,30H,1,10-11,14,17-18H2,2-4H3,(H,33,34). The fourth-order valence-corrected chi connectivity index (χ4v) is 5.59. The Morgan fingerprint density at radius 2 is 1.89 bits per heavy atom. The summed E-state index contributed by atoms with van der Waals surface area (Å²) in [5, 5.41) is 9.46. The Labute approximate surface area is 218 Å². The maximum Gasteiger partial charge on any atom is 0.306 e. The summed E-state index contributed by atoms with van der Waals surface area (Å²) in [5.74, 6) is 0.393. The number of fused-ring (bicyclic) bond motifs is 1. The molecule has 192 valence electrons. The van der Waals surface area contributed by atoms with Crippen LogP contribution in [0.25, 0.3) is 16.7 Å². The number of carbonyl (C=O) groups is 1. The van der Waals surface area contributed by atoms with Gasteiger partial charge in [0.25, 0.3) is 0 Å². The van der Waals surface area contributed by atoms with E-state index in [0.29, 0.717) is 19.6 Å². The lowest BCUT2D eigenvalue weighted by Gasteiger charge is -2.17. The van der Waals surface area contributed by atoms with Crippen LogP contribution in [-0.2, 0) is 16.1 Å². The van der Waals surface area contributed by atoms with E-state index < -0.39 is 11.9 Å². The van der Waals surface area contributed by atoms with Crippen molar-refractivity contribution in [3.8, 4) is 22.6 Å². The predicted molar refractivity (Wildman–Crippen MR) is 145 cm³/mol. The van der Waals surface area contributed by atoms with Gasteiger partial charge in [0, 0.05) is 12.3 Å². The quantitative estimate of drug-likeness (QED) is 0.364. The van der Waals surface area contributed by atoms with E-state index in [4.69, 9.17) is 14.2 Å². The number of ether oxygens (including phenoxy) is 3. The van der Waals surface area contributed by atoms with E-state index in [1.807, 2.05) is 18.2 Å². The van der Waals surface area contributed by atoms with Gasteiger partial charge in [0.2, 0.25) is 0 Å². The van der Waals surface area contributed by atoms with Crippen LogP contribution in [0, 0.1) is 19.8 Å². The first-order valence-corrected chi connectivity index (χ1v) is 12.9. The van der Waals surface area contributed by atoms with Gasteiger partial charge in [0.15, 0.2) is 0 Å². The van der Waals surface area contributed by atoms with Crippen LogP contribution in [0.4, 0.5) is 0 Å². The van der Waals surface area contributed by atoms with Crippen molar-refractivity contribution in [2.45, 2.75) is 52.2 Å². The van der Waals surface area contributed by atoms with Crippen molar-refractivity contribution in [3.63, 3.8) is 0 Å². The highest BCUT2D eigenvalue weighted by atomic mass is 16.5. The van der Waals surface area contributed by atoms with E-state index in [1.165, 1.54) is 16.7 Å². The largest absolute Gasteiger partial charge is 0.489 e. The molecule has 0 spiro atoms. The van der Waals surface area contributed by atoms with Crippen molar-refractivity contribution in [3.05, 3.63) is 89.0 Å². The molecule has 0 saturated carbocycles. The number of aryl methyl sites for hydroxylation is 2. The average Bonchev–Trinajstić information content (AvgIpc) is 3.49. The molecule has 1 fully saturated rings. The molecule has 1 aliphatic heterocycles. The van der Waals surface area contributed by atoms with Crippen LogP contribution < -0.4 is 9.47 Å². The SMILES string of the molecule is C=C1CC(C(C)C(=O)O)c2ccc(OCc3cccc(-c4c(C)cc(OC5CCOC5)cc4C)c3)cc21. The van der Waals surface area contributed by atoms with Gasteiger partial charge in [-0.25, -0.2) is 0 Å². The second kappa shape index (κ2) is 10.4. The Bertz CT molecular complexity index is 1310. The Morgan fingerprint density at radius 3 is 2.59 bits per heavy atom. The van der Waals surface area contributed by atoms with Crippen molar-refractivity contribution in [2.75, 3.05) is 13.2 Å². The summed E-state index contributed by atoms with van der Waals surface area (Å²) in [6.07, 6.45) is 1.74. The molecule has 2 aliphatic rings. The summed E-state index contributed by atoms with van der Waals surface area (Å²) < 4.78 is 17.7. The van der Waals surface area contributed by atoms with Crippen LogP contribution in [0.1, 0.15) is 53.5 Å². The van der Waals surface area contributed by atoms with Gasteiger partial charge in [-0.3, -0.25) is 4.79 Å². The summed E-state index contributed by atoms with van der Waals surface area (Å²) in [5.41, 5.74) is 8.83. The summed E-state index contributed by atoms with van der Waals surface area (Å²) in [7, 11) is 0. The molecule has 3 atom stereocenters. The van der Waals surface area contributed by atoms with E-state index in [9.17, 15) is 9.90 Å². The van der Waals surface area contributed by atoms with E-state index in [0.717, 1.165) is 52.4 Å². The molecular weight excluding hydrogens is 464 g/mol. The van der Waals surface area contributed by atoms with Crippen molar-refractivity contribution >= 4 is 11.5 Å². The lowest BCUT2D eigenvalue weighted by Crippen LogP contribution is -2.17. The third-order valence-electron chi connectivity index (χ3n) is 7.58. The number of carboxylic acids is 1. The number of rotatable bonds is 8. The van der Waals surface area contributed by atoms with Crippen molar-refractivity contribution in [1.29, 1.82) is 0 Å². The zero-order chi connectivity index (χ0) is 26.1. The molecule has 1 saturated heterocycles. The molecule has 3 aromatic carbocycles. The normalized spacial score (nSPS) is 19.5. The molecule has 3 unspecified atom stereocenters. The maximum atomic E-state index is 11.5. The fraction of sp³-hybridized carbons (Fsp3) is 0.344. The third-order valence-corrected chi connectivity index (χ3v) is 7.58. The number of hydrogen-bond donors (Lipinski definition) is 1. The molecule has 5 nitrogen and oxygen atoms in total. The van der Waals surface area contributed by atoms with Crippen LogP contribution >= 0.6 is 0 Å². The second-order valence-corrected chi connectivity index (χ2v) is 10.3. The molecule has 0 aromatic heterocycles. The van der Waals surface area contributed by atoms with Crippen molar-refractivity contribution in [1.82, 2.24) is 0 Å². The first kappa shape index (κ1) is 25.1.